The van der Waals surface area contributed by atoms with Crippen molar-refractivity contribution in [3.05, 3.63) is 80.6 Å². The molecule has 0 saturated heterocycles. The molecule has 2 N–H and O–H groups in total. The Morgan fingerprint density at radius 2 is 2.00 bits per heavy atom. The summed E-state index contributed by atoms with van der Waals surface area (Å²) in [6.07, 6.45) is -2.25. The number of nitrogens with one attached hydrogen (secondary N) is 1. The first-order valence-corrected chi connectivity index (χ1v) is 11.0. The van der Waals surface area contributed by atoms with Crippen LogP contribution < -0.4 is 14.9 Å². The number of carboxylic acids is 1. The van der Waals surface area contributed by atoms with Crippen molar-refractivity contribution in [2.45, 2.75) is 19.7 Å². The van der Waals surface area contributed by atoms with E-state index in [2.05, 4.69) is 38.1 Å². The smallest absolute Gasteiger partial charge is 0.417 e. The minimum absolute atomic E-state index is 0.145. The zero-order valence-electron chi connectivity index (χ0n) is 17.8. The van der Waals surface area contributed by atoms with Gasteiger partial charge in [0.1, 0.15) is 12.4 Å². The molecule has 2 aromatic carbocycles. The summed E-state index contributed by atoms with van der Waals surface area (Å²) in [5.41, 5.74) is 3.26. The lowest BCUT2D eigenvalue weighted by atomic mass is 10.1. The van der Waals surface area contributed by atoms with E-state index in [0.29, 0.717) is 29.2 Å². The van der Waals surface area contributed by atoms with E-state index in [1.807, 2.05) is 6.92 Å². The van der Waals surface area contributed by atoms with Gasteiger partial charge in [0.05, 0.1) is 27.5 Å². The number of hydrazone groups is 1. The van der Waals surface area contributed by atoms with Gasteiger partial charge in [0.15, 0.2) is 11.5 Å². The van der Waals surface area contributed by atoms with Crippen molar-refractivity contribution in [1.29, 1.82) is 0 Å². The molecule has 0 spiro atoms. The molecule has 1 aromatic heterocycles. The Kier molecular flexibility index (Phi) is 8.31. The predicted molar refractivity (Wildman–Crippen MR) is 129 cm³/mol. The summed E-state index contributed by atoms with van der Waals surface area (Å²) in [7, 11) is 0. The number of carboxylic acid groups (broad SMARTS) is 1. The van der Waals surface area contributed by atoms with Gasteiger partial charge in [0.2, 0.25) is 0 Å². The molecule has 1 heterocycles. The molecule has 178 valence electrons. The SMILES string of the molecule is CCOc1cc(/C=N\Nc2ccc(C(F)(F)F)cn2)cc(I)c1OCc1cccc(C(=O)O)c1. The summed E-state index contributed by atoms with van der Waals surface area (Å²) in [5.74, 6) is 0.110. The lowest BCUT2D eigenvalue weighted by Gasteiger charge is -2.15. The van der Waals surface area contributed by atoms with E-state index < -0.39 is 17.7 Å². The number of ether oxygens (including phenoxy) is 2. The number of halogens is 4. The van der Waals surface area contributed by atoms with Crippen LogP contribution in [0.3, 0.4) is 0 Å². The van der Waals surface area contributed by atoms with Gasteiger partial charge in [-0.25, -0.2) is 9.78 Å². The minimum Gasteiger partial charge on any atom is -0.490 e. The molecule has 0 amide bonds. The maximum Gasteiger partial charge on any atom is 0.417 e. The zero-order valence-corrected chi connectivity index (χ0v) is 19.9. The maximum atomic E-state index is 12.6. The van der Waals surface area contributed by atoms with E-state index in [9.17, 15) is 18.0 Å². The number of aromatic nitrogens is 1. The third-order valence-electron chi connectivity index (χ3n) is 4.37. The summed E-state index contributed by atoms with van der Waals surface area (Å²) < 4.78 is 50.2. The topological polar surface area (TPSA) is 93.0 Å². The first kappa shape index (κ1) is 25.3. The molecule has 7 nitrogen and oxygen atoms in total. The van der Waals surface area contributed by atoms with E-state index in [0.717, 1.165) is 15.8 Å². The normalized spacial score (nSPS) is 11.4. The minimum atomic E-state index is -4.45. The van der Waals surface area contributed by atoms with Gasteiger partial charge in [-0.3, -0.25) is 5.43 Å². The Bertz CT molecular complexity index is 1190. The fraction of sp³-hybridized carbons (Fsp3) is 0.174. The highest BCUT2D eigenvalue weighted by atomic mass is 127. The highest BCUT2D eigenvalue weighted by molar-refractivity contribution is 14.1. The number of hydrogen-bond donors (Lipinski definition) is 2. The van der Waals surface area contributed by atoms with Crippen LogP contribution in [0.5, 0.6) is 11.5 Å². The average Bonchev–Trinajstić information content (AvgIpc) is 2.79. The van der Waals surface area contributed by atoms with Crippen LogP contribution in [0, 0.1) is 3.57 Å². The fourth-order valence-electron chi connectivity index (χ4n) is 2.82. The molecule has 0 unspecified atom stereocenters. The third-order valence-corrected chi connectivity index (χ3v) is 5.17. The Labute approximate surface area is 206 Å². The molecule has 0 aliphatic heterocycles. The number of nitrogens with zero attached hydrogens (tertiary/aromatic N) is 2. The van der Waals surface area contributed by atoms with Gasteiger partial charge >= 0.3 is 12.1 Å². The van der Waals surface area contributed by atoms with E-state index in [1.54, 1.807) is 24.3 Å². The van der Waals surface area contributed by atoms with Crippen LogP contribution in [0.4, 0.5) is 19.0 Å². The van der Waals surface area contributed by atoms with Crippen LogP contribution in [0.1, 0.15) is 34.0 Å². The number of carbonyl (C=O) groups is 1. The first-order chi connectivity index (χ1) is 16.2. The molecule has 0 aliphatic carbocycles. The zero-order chi connectivity index (χ0) is 24.7. The number of pyridine rings is 1. The van der Waals surface area contributed by atoms with Gasteiger partial charge in [-0.1, -0.05) is 12.1 Å². The number of aromatic carboxylic acids is 1. The second-order valence-electron chi connectivity index (χ2n) is 6.86. The molecule has 3 rings (SSSR count). The van der Waals surface area contributed by atoms with Crippen LogP contribution in [0.25, 0.3) is 0 Å². The second-order valence-corrected chi connectivity index (χ2v) is 8.02. The second kappa shape index (κ2) is 11.2. The quantitative estimate of drug-likeness (QED) is 0.187. The van der Waals surface area contributed by atoms with Crippen LogP contribution in [0.15, 0.2) is 59.8 Å². The molecular formula is C23H19F3IN3O4. The summed E-state index contributed by atoms with van der Waals surface area (Å²) in [6.45, 7) is 2.35. The maximum absolute atomic E-state index is 12.6. The Morgan fingerprint density at radius 1 is 1.21 bits per heavy atom. The lowest BCUT2D eigenvalue weighted by Crippen LogP contribution is -2.05. The van der Waals surface area contributed by atoms with Crippen molar-refractivity contribution in [3.8, 4) is 11.5 Å². The Hall–Kier alpha value is -3.35. The molecule has 0 atom stereocenters. The number of alkyl halides is 3. The molecule has 0 bridgehead atoms. The largest absolute Gasteiger partial charge is 0.490 e. The van der Waals surface area contributed by atoms with Gasteiger partial charge in [0, 0.05) is 6.20 Å². The van der Waals surface area contributed by atoms with Crippen LogP contribution in [0.2, 0.25) is 0 Å². The summed E-state index contributed by atoms with van der Waals surface area (Å²) >= 11 is 2.09. The monoisotopic (exact) mass is 585 g/mol. The number of rotatable bonds is 9. The Balaban J connectivity index is 1.72. The predicted octanol–water partition coefficient (Wildman–Crippen LogP) is 5.83. The molecule has 0 radical (unpaired) electrons. The van der Waals surface area contributed by atoms with Crippen LogP contribution in [-0.4, -0.2) is 28.9 Å². The lowest BCUT2D eigenvalue weighted by molar-refractivity contribution is -0.137. The number of benzene rings is 2. The van der Waals surface area contributed by atoms with Gasteiger partial charge < -0.3 is 14.6 Å². The summed E-state index contributed by atoms with van der Waals surface area (Å²) in [6, 6.07) is 12.1. The van der Waals surface area contributed by atoms with Gasteiger partial charge in [-0.2, -0.15) is 18.3 Å². The van der Waals surface area contributed by atoms with Crippen molar-refractivity contribution in [1.82, 2.24) is 4.98 Å². The molecule has 3 aromatic rings. The summed E-state index contributed by atoms with van der Waals surface area (Å²) in [4.78, 5) is 14.9. The first-order valence-electron chi connectivity index (χ1n) is 9.91. The summed E-state index contributed by atoms with van der Waals surface area (Å²) in [5, 5.41) is 13.2. The van der Waals surface area contributed by atoms with Gasteiger partial charge in [0.25, 0.3) is 0 Å². The molecule has 34 heavy (non-hydrogen) atoms. The highest BCUT2D eigenvalue weighted by Gasteiger charge is 2.30. The molecule has 0 fully saturated rings. The van der Waals surface area contributed by atoms with Gasteiger partial charge in [-0.15, -0.1) is 0 Å². The molecule has 11 heteroatoms. The van der Waals surface area contributed by atoms with E-state index in [1.165, 1.54) is 24.4 Å². The van der Waals surface area contributed by atoms with Crippen molar-refractivity contribution in [2.24, 2.45) is 5.10 Å². The van der Waals surface area contributed by atoms with Gasteiger partial charge in [-0.05, 0) is 77.0 Å². The van der Waals surface area contributed by atoms with Crippen molar-refractivity contribution in [2.75, 3.05) is 12.0 Å². The molecular weight excluding hydrogens is 566 g/mol. The van der Waals surface area contributed by atoms with Crippen molar-refractivity contribution < 1.29 is 32.5 Å². The van der Waals surface area contributed by atoms with Crippen LogP contribution in [-0.2, 0) is 12.8 Å². The fourth-order valence-corrected chi connectivity index (χ4v) is 3.60. The van der Waals surface area contributed by atoms with Crippen molar-refractivity contribution in [3.63, 3.8) is 0 Å². The number of hydrogen-bond acceptors (Lipinski definition) is 6. The Morgan fingerprint density at radius 3 is 2.65 bits per heavy atom. The van der Waals surface area contributed by atoms with E-state index in [-0.39, 0.29) is 18.0 Å². The highest BCUT2D eigenvalue weighted by Crippen LogP contribution is 2.34. The van der Waals surface area contributed by atoms with Crippen molar-refractivity contribution >= 4 is 40.6 Å². The standard InChI is InChI=1S/C23H19F3IN3O4/c1-2-33-19-10-15(11-29-30-20-7-6-17(12-28-20)23(24,25)26)9-18(27)21(19)34-13-14-4-3-5-16(8-14)22(31)32/h3-12H,2,13H2,1H3,(H,28,30)(H,31,32)/b29-11-. The number of anilines is 1. The van der Waals surface area contributed by atoms with E-state index in [4.69, 9.17) is 14.6 Å². The molecule has 0 saturated carbocycles. The average molecular weight is 585 g/mol. The van der Waals surface area contributed by atoms with E-state index >= 15 is 0 Å². The third kappa shape index (κ3) is 6.83. The van der Waals surface area contributed by atoms with Crippen LogP contribution >= 0.6 is 22.6 Å². The molecule has 0 aliphatic rings.